The van der Waals surface area contributed by atoms with Crippen LogP contribution in [0.15, 0.2) is 6.07 Å². The van der Waals surface area contributed by atoms with E-state index in [4.69, 9.17) is 18.6 Å². The van der Waals surface area contributed by atoms with E-state index in [9.17, 15) is 0 Å². The van der Waals surface area contributed by atoms with E-state index in [0.29, 0.717) is 0 Å². The molecule has 0 atom stereocenters. The first kappa shape index (κ1) is 23.8. The summed E-state index contributed by atoms with van der Waals surface area (Å²) in [5, 5.41) is 0. The molecule has 2 saturated heterocycles. The number of hydrogen-bond acceptors (Lipinski definition) is 5. The first-order valence-electron chi connectivity index (χ1n) is 11.0. The SMILES string of the molecule is Cc1cc(C)c(B2OC(C)(C)C(C)(C)O2)c(CN(C)C)c1B1OC(C)(C)C(C)(C)O1. The normalized spacial score (nSPS) is 24.2. The third kappa shape index (κ3) is 3.88. The molecule has 0 radical (unpaired) electrons. The summed E-state index contributed by atoms with van der Waals surface area (Å²) in [4.78, 5) is 2.18. The molecule has 1 aromatic carbocycles. The quantitative estimate of drug-likeness (QED) is 0.708. The molecule has 0 aliphatic carbocycles. The van der Waals surface area contributed by atoms with Crippen LogP contribution in [-0.2, 0) is 25.2 Å². The Bertz CT molecular complexity index is 741. The largest absolute Gasteiger partial charge is 0.495 e. The minimum atomic E-state index is -0.424. The highest BCUT2D eigenvalue weighted by Crippen LogP contribution is 2.39. The number of hydrogen-bond donors (Lipinski definition) is 0. The summed E-state index contributed by atoms with van der Waals surface area (Å²) in [5.74, 6) is 0. The van der Waals surface area contributed by atoms with Crippen molar-refractivity contribution in [3.8, 4) is 0 Å². The van der Waals surface area contributed by atoms with E-state index in [0.717, 1.165) is 17.5 Å². The van der Waals surface area contributed by atoms with Gasteiger partial charge in [-0.3, -0.25) is 0 Å². The Hall–Kier alpha value is -0.850. The standard InChI is InChI=1S/C23H39B2NO4/c1-15-13-16(2)19(25-29-22(7,8)23(9,10)30-25)17(14-26(11)12)18(15)24-27-20(3,4)21(5,6)28-24/h13H,14H2,1-12H3. The summed E-state index contributed by atoms with van der Waals surface area (Å²) >= 11 is 0. The van der Waals surface area contributed by atoms with E-state index in [1.807, 2.05) is 0 Å². The number of aryl methyl sites for hydroxylation is 2. The smallest absolute Gasteiger partial charge is 0.399 e. The lowest BCUT2D eigenvalue weighted by atomic mass is 9.64. The summed E-state index contributed by atoms with van der Waals surface area (Å²) in [5.41, 5.74) is 4.13. The molecule has 0 amide bonds. The van der Waals surface area contributed by atoms with Crippen molar-refractivity contribution in [2.24, 2.45) is 0 Å². The van der Waals surface area contributed by atoms with Crippen LogP contribution in [0, 0.1) is 13.8 Å². The Morgan fingerprint density at radius 3 is 1.23 bits per heavy atom. The maximum atomic E-state index is 6.47. The zero-order valence-electron chi connectivity index (χ0n) is 21.0. The predicted octanol–water partition coefficient (Wildman–Crippen LogP) is 2.96. The summed E-state index contributed by atoms with van der Waals surface area (Å²) in [6.45, 7) is 21.8. The van der Waals surface area contributed by atoms with Crippen LogP contribution in [0.25, 0.3) is 0 Å². The fourth-order valence-corrected chi connectivity index (χ4v) is 4.17. The van der Waals surface area contributed by atoms with Crippen LogP contribution >= 0.6 is 0 Å². The van der Waals surface area contributed by atoms with Crippen molar-refractivity contribution in [3.05, 3.63) is 22.8 Å². The van der Waals surface area contributed by atoms with E-state index < -0.39 is 36.6 Å². The molecule has 5 nitrogen and oxygen atoms in total. The van der Waals surface area contributed by atoms with Gasteiger partial charge in [0.2, 0.25) is 0 Å². The zero-order chi connectivity index (χ0) is 22.9. The molecule has 0 aromatic heterocycles. The molecule has 30 heavy (non-hydrogen) atoms. The topological polar surface area (TPSA) is 40.2 Å². The van der Waals surface area contributed by atoms with Gasteiger partial charge in [-0.1, -0.05) is 17.2 Å². The van der Waals surface area contributed by atoms with Crippen LogP contribution in [-0.4, -0.2) is 55.6 Å². The maximum absolute atomic E-state index is 6.47. The third-order valence-corrected chi connectivity index (χ3v) is 7.39. The summed E-state index contributed by atoms with van der Waals surface area (Å²) in [7, 11) is 3.32. The molecule has 0 unspecified atom stereocenters. The van der Waals surface area contributed by atoms with E-state index in [-0.39, 0.29) is 0 Å². The lowest BCUT2D eigenvalue weighted by Gasteiger charge is -2.32. The third-order valence-electron chi connectivity index (χ3n) is 7.39. The van der Waals surface area contributed by atoms with Gasteiger partial charge >= 0.3 is 14.2 Å². The predicted molar refractivity (Wildman–Crippen MR) is 125 cm³/mol. The molecular weight excluding hydrogens is 376 g/mol. The van der Waals surface area contributed by atoms with Crippen molar-refractivity contribution in [1.29, 1.82) is 0 Å². The molecular formula is C23H39B2NO4. The Kier molecular flexibility index (Phi) is 5.83. The maximum Gasteiger partial charge on any atom is 0.495 e. The van der Waals surface area contributed by atoms with Crippen LogP contribution < -0.4 is 10.9 Å². The molecule has 1 aromatic rings. The summed E-state index contributed by atoms with van der Waals surface area (Å²) in [6.07, 6.45) is 0. The summed E-state index contributed by atoms with van der Waals surface area (Å²) < 4.78 is 25.9. The van der Waals surface area contributed by atoms with Gasteiger partial charge in [-0.25, -0.2) is 0 Å². The highest BCUT2D eigenvalue weighted by molar-refractivity contribution is 6.67. The van der Waals surface area contributed by atoms with Crippen LogP contribution in [0.4, 0.5) is 0 Å². The van der Waals surface area contributed by atoms with Crippen molar-refractivity contribution in [1.82, 2.24) is 4.90 Å². The Morgan fingerprint density at radius 1 is 0.667 bits per heavy atom. The van der Waals surface area contributed by atoms with Gasteiger partial charge in [0.05, 0.1) is 22.4 Å². The molecule has 2 aliphatic rings. The number of benzene rings is 1. The van der Waals surface area contributed by atoms with E-state index in [1.54, 1.807) is 0 Å². The first-order valence-corrected chi connectivity index (χ1v) is 11.0. The molecule has 7 heteroatoms. The molecule has 0 spiro atoms. The van der Waals surface area contributed by atoms with Crippen molar-refractivity contribution in [2.75, 3.05) is 14.1 Å². The Balaban J connectivity index is 2.17. The Morgan fingerprint density at radius 2 is 0.967 bits per heavy atom. The second kappa shape index (κ2) is 7.35. The van der Waals surface area contributed by atoms with Crippen molar-refractivity contribution in [2.45, 2.75) is 98.2 Å². The average molecular weight is 415 g/mol. The van der Waals surface area contributed by atoms with E-state index in [2.05, 4.69) is 94.3 Å². The highest BCUT2D eigenvalue weighted by atomic mass is 16.7. The highest BCUT2D eigenvalue weighted by Gasteiger charge is 2.55. The lowest BCUT2D eigenvalue weighted by Crippen LogP contribution is -2.48. The lowest BCUT2D eigenvalue weighted by molar-refractivity contribution is 0.00578. The number of rotatable bonds is 4. The summed E-state index contributed by atoms with van der Waals surface area (Å²) in [6, 6.07) is 2.21. The van der Waals surface area contributed by atoms with Crippen LogP contribution in [0.5, 0.6) is 0 Å². The fourth-order valence-electron chi connectivity index (χ4n) is 4.17. The molecule has 0 bridgehead atoms. The molecule has 3 rings (SSSR count). The minimum Gasteiger partial charge on any atom is -0.399 e. The number of nitrogens with zero attached hydrogens (tertiary/aromatic N) is 1. The molecule has 0 saturated carbocycles. The van der Waals surface area contributed by atoms with Gasteiger partial charge in [-0.2, -0.15) is 0 Å². The van der Waals surface area contributed by atoms with E-state index >= 15 is 0 Å². The van der Waals surface area contributed by atoms with Gasteiger partial charge < -0.3 is 23.5 Å². The zero-order valence-corrected chi connectivity index (χ0v) is 21.0. The van der Waals surface area contributed by atoms with Gasteiger partial charge in [0, 0.05) is 6.54 Å². The monoisotopic (exact) mass is 415 g/mol. The van der Waals surface area contributed by atoms with Crippen molar-refractivity contribution < 1.29 is 18.6 Å². The molecule has 2 fully saturated rings. The fraction of sp³-hybridized carbons (Fsp3) is 0.739. The van der Waals surface area contributed by atoms with Crippen LogP contribution in [0.3, 0.4) is 0 Å². The first-order chi connectivity index (χ1) is 13.5. The molecule has 2 heterocycles. The van der Waals surface area contributed by atoms with Crippen LogP contribution in [0.2, 0.25) is 0 Å². The van der Waals surface area contributed by atoms with Crippen LogP contribution in [0.1, 0.15) is 72.1 Å². The van der Waals surface area contributed by atoms with Crippen molar-refractivity contribution >= 4 is 25.2 Å². The molecule has 0 N–H and O–H groups in total. The Labute approximate surface area is 184 Å². The van der Waals surface area contributed by atoms with Gasteiger partial charge in [-0.05, 0) is 99.8 Å². The van der Waals surface area contributed by atoms with Gasteiger partial charge in [0.1, 0.15) is 0 Å². The average Bonchev–Trinajstić information content (AvgIpc) is 2.85. The second-order valence-corrected chi connectivity index (χ2v) is 11.2. The minimum absolute atomic E-state index is 0.394. The molecule has 2 aliphatic heterocycles. The molecule has 166 valence electrons. The van der Waals surface area contributed by atoms with E-state index in [1.165, 1.54) is 16.7 Å². The van der Waals surface area contributed by atoms with Gasteiger partial charge in [0.25, 0.3) is 0 Å². The second-order valence-electron chi connectivity index (χ2n) is 11.2. The van der Waals surface area contributed by atoms with Crippen molar-refractivity contribution in [3.63, 3.8) is 0 Å². The van der Waals surface area contributed by atoms with Gasteiger partial charge in [-0.15, -0.1) is 0 Å². The van der Waals surface area contributed by atoms with Gasteiger partial charge in [0.15, 0.2) is 0 Å².